The quantitative estimate of drug-likeness (QED) is 0.692. The highest BCUT2D eigenvalue weighted by atomic mass is 32.2. The van der Waals surface area contributed by atoms with Crippen LogP contribution >= 0.6 is 11.8 Å². The molecule has 6 nitrogen and oxygen atoms in total. The summed E-state index contributed by atoms with van der Waals surface area (Å²) in [6, 6.07) is 7.96. The number of thioether (sulfide) groups is 1. The van der Waals surface area contributed by atoms with Gasteiger partial charge < -0.3 is 15.0 Å². The lowest BCUT2D eigenvalue weighted by molar-refractivity contribution is -0.143. The van der Waals surface area contributed by atoms with Gasteiger partial charge in [-0.25, -0.2) is 9.79 Å². The van der Waals surface area contributed by atoms with Gasteiger partial charge in [0.05, 0.1) is 29.8 Å². The smallest absolute Gasteiger partial charge is 0.338 e. The molecule has 1 atom stereocenters. The first-order chi connectivity index (χ1) is 14.3. The lowest BCUT2D eigenvalue weighted by atomic mass is 9.91. The number of aryl methyl sites for hydroxylation is 1. The molecule has 4 rings (SSSR count). The first kappa shape index (κ1) is 20.7. The number of esters is 1. The van der Waals surface area contributed by atoms with Crippen LogP contribution in [-0.4, -0.2) is 34.1 Å². The molecule has 1 saturated carbocycles. The van der Waals surface area contributed by atoms with E-state index in [4.69, 9.17) is 9.73 Å². The highest BCUT2D eigenvalue weighted by Gasteiger charge is 2.42. The van der Waals surface area contributed by atoms with Crippen LogP contribution in [0.5, 0.6) is 0 Å². The van der Waals surface area contributed by atoms with Gasteiger partial charge in [0, 0.05) is 11.7 Å². The second kappa shape index (κ2) is 8.30. The van der Waals surface area contributed by atoms with Gasteiger partial charge in [-0.1, -0.05) is 36.0 Å². The van der Waals surface area contributed by atoms with E-state index in [1.54, 1.807) is 0 Å². The summed E-state index contributed by atoms with van der Waals surface area (Å²) >= 11 is 1.49. The van der Waals surface area contributed by atoms with Crippen molar-refractivity contribution in [2.45, 2.75) is 65.1 Å². The van der Waals surface area contributed by atoms with E-state index < -0.39 is 0 Å². The number of hydrogen-bond donors (Lipinski definition) is 1. The number of rotatable bonds is 6. The Bertz CT molecular complexity index is 976. The fourth-order valence-corrected chi connectivity index (χ4v) is 4.73. The van der Waals surface area contributed by atoms with Gasteiger partial charge in [0.2, 0.25) is 5.91 Å². The van der Waals surface area contributed by atoms with Gasteiger partial charge in [0.15, 0.2) is 5.17 Å². The Hall–Kier alpha value is -2.54. The van der Waals surface area contributed by atoms with E-state index in [0.29, 0.717) is 17.3 Å². The van der Waals surface area contributed by atoms with Crippen molar-refractivity contribution in [2.75, 3.05) is 0 Å². The zero-order chi connectivity index (χ0) is 21.4. The minimum absolute atomic E-state index is 0.00622. The van der Waals surface area contributed by atoms with Crippen molar-refractivity contribution in [2.24, 2.45) is 4.99 Å². The van der Waals surface area contributed by atoms with Crippen molar-refractivity contribution in [1.82, 2.24) is 10.2 Å². The van der Waals surface area contributed by atoms with Crippen LogP contribution in [0, 0.1) is 6.92 Å². The molecule has 0 bridgehead atoms. The van der Waals surface area contributed by atoms with E-state index in [1.807, 2.05) is 62.3 Å². The molecular weight excluding hydrogens is 398 g/mol. The highest BCUT2D eigenvalue weighted by molar-refractivity contribution is 8.16. The first-order valence-corrected chi connectivity index (χ1v) is 11.2. The van der Waals surface area contributed by atoms with Crippen LogP contribution in [0.3, 0.4) is 0 Å². The summed E-state index contributed by atoms with van der Waals surface area (Å²) in [5, 5.41) is 5.81. The molecule has 30 heavy (non-hydrogen) atoms. The molecule has 0 spiro atoms. The molecule has 7 heteroatoms. The monoisotopic (exact) mass is 425 g/mol. The van der Waals surface area contributed by atoms with Crippen LogP contribution in [-0.2, 0) is 14.3 Å². The van der Waals surface area contributed by atoms with Gasteiger partial charge in [-0.2, -0.15) is 0 Å². The van der Waals surface area contributed by atoms with E-state index in [9.17, 15) is 9.59 Å². The summed E-state index contributed by atoms with van der Waals surface area (Å²) in [5.74, 6) is -0.357. The van der Waals surface area contributed by atoms with Crippen LogP contribution in [0.1, 0.15) is 57.2 Å². The third-order valence-electron chi connectivity index (χ3n) is 5.33. The normalized spacial score (nSPS) is 20.7. The first-order valence-electron chi connectivity index (χ1n) is 10.4. The number of allylic oxidation sites excluding steroid dienone is 1. The summed E-state index contributed by atoms with van der Waals surface area (Å²) in [5.41, 5.74) is 4.12. The Morgan fingerprint density at radius 2 is 2.00 bits per heavy atom. The van der Waals surface area contributed by atoms with Crippen molar-refractivity contribution in [3.05, 3.63) is 57.8 Å². The maximum Gasteiger partial charge on any atom is 0.338 e. The minimum Gasteiger partial charge on any atom is -0.459 e. The number of amidine groups is 1. The van der Waals surface area contributed by atoms with Gasteiger partial charge in [0.1, 0.15) is 0 Å². The molecule has 2 aliphatic heterocycles. The minimum atomic E-state index is -0.375. The molecule has 1 fully saturated rings. The Kier molecular flexibility index (Phi) is 5.73. The third-order valence-corrected chi connectivity index (χ3v) is 6.22. The number of aliphatic imine (C=N–C) groups is 1. The average Bonchev–Trinajstić information content (AvgIpc) is 3.40. The largest absolute Gasteiger partial charge is 0.459 e. The number of nitrogens with one attached hydrogen (secondary N) is 1. The maximum atomic E-state index is 13.1. The molecule has 0 aromatic heterocycles. The molecule has 3 aliphatic rings. The summed E-state index contributed by atoms with van der Waals surface area (Å²) in [6.07, 6.45) is 2.13. The predicted octanol–water partition coefficient (Wildman–Crippen LogP) is 4.19. The van der Waals surface area contributed by atoms with Crippen LogP contribution < -0.4 is 5.32 Å². The van der Waals surface area contributed by atoms with Gasteiger partial charge in [-0.3, -0.25) is 4.79 Å². The molecule has 1 aliphatic carbocycles. The zero-order valence-corrected chi connectivity index (χ0v) is 18.6. The van der Waals surface area contributed by atoms with Gasteiger partial charge in [-0.05, 0) is 57.1 Å². The SMILES string of the molecule is CC1=C(C(=O)OC(C)C)[C@@H](c2ccccc2C)N2C(CC(=O)NC3CC3)=CSC2=N1. The van der Waals surface area contributed by atoms with Crippen LogP contribution in [0.2, 0.25) is 0 Å². The number of hydrogen-bond acceptors (Lipinski definition) is 6. The number of benzene rings is 1. The van der Waals surface area contributed by atoms with Crippen molar-refractivity contribution < 1.29 is 14.3 Å². The molecule has 1 amide bonds. The highest BCUT2D eigenvalue weighted by Crippen LogP contribution is 2.45. The lowest BCUT2D eigenvalue weighted by Crippen LogP contribution is -2.38. The van der Waals surface area contributed by atoms with Crippen LogP contribution in [0.4, 0.5) is 0 Å². The van der Waals surface area contributed by atoms with Crippen molar-refractivity contribution >= 4 is 28.8 Å². The molecular formula is C23H27N3O3S. The number of carbonyl (C=O) groups is 2. The predicted molar refractivity (Wildman–Crippen MR) is 119 cm³/mol. The van der Waals surface area contributed by atoms with Gasteiger partial charge in [-0.15, -0.1) is 0 Å². The third kappa shape index (κ3) is 4.17. The standard InChI is InChI=1S/C23H27N3O3S/c1-13(2)29-22(28)20-15(4)24-23-26(21(20)18-8-6-5-7-14(18)3)17(12-30-23)11-19(27)25-16-9-10-16/h5-8,12-13,16,21H,9-11H2,1-4H3,(H,25,27)/t21-/m1/s1. The topological polar surface area (TPSA) is 71.0 Å². The summed E-state index contributed by atoms with van der Waals surface area (Å²) < 4.78 is 5.58. The fourth-order valence-electron chi connectivity index (χ4n) is 3.77. The number of carbonyl (C=O) groups excluding carboxylic acids is 2. The molecule has 1 aromatic rings. The Morgan fingerprint density at radius 3 is 2.67 bits per heavy atom. The molecule has 158 valence electrons. The van der Waals surface area contributed by atoms with Gasteiger partial charge >= 0.3 is 5.97 Å². The van der Waals surface area contributed by atoms with E-state index in [2.05, 4.69) is 5.32 Å². The maximum absolute atomic E-state index is 13.1. The molecule has 2 heterocycles. The second-order valence-corrected chi connectivity index (χ2v) is 9.06. The van der Waals surface area contributed by atoms with E-state index in [0.717, 1.165) is 34.8 Å². The zero-order valence-electron chi connectivity index (χ0n) is 17.8. The molecule has 1 aromatic carbocycles. The Labute approximate surface area is 181 Å². The van der Waals surface area contributed by atoms with Crippen molar-refractivity contribution in [1.29, 1.82) is 0 Å². The summed E-state index contributed by atoms with van der Waals surface area (Å²) in [4.78, 5) is 32.4. The Balaban J connectivity index is 1.73. The molecule has 0 unspecified atom stereocenters. The van der Waals surface area contributed by atoms with Crippen LogP contribution in [0.25, 0.3) is 0 Å². The second-order valence-electron chi connectivity index (χ2n) is 8.22. The lowest BCUT2D eigenvalue weighted by Gasteiger charge is -2.37. The van der Waals surface area contributed by atoms with E-state index in [1.165, 1.54) is 11.8 Å². The molecule has 1 N–H and O–H groups in total. The number of nitrogens with zero attached hydrogens (tertiary/aromatic N) is 2. The fraction of sp³-hybridized carbons (Fsp3) is 0.435. The average molecular weight is 426 g/mol. The molecule has 0 radical (unpaired) electrons. The van der Waals surface area contributed by atoms with E-state index >= 15 is 0 Å². The van der Waals surface area contributed by atoms with Gasteiger partial charge in [0.25, 0.3) is 0 Å². The molecule has 0 saturated heterocycles. The number of fused-ring (bicyclic) bond motifs is 1. The van der Waals surface area contributed by atoms with E-state index in [-0.39, 0.29) is 30.4 Å². The number of ether oxygens (including phenoxy) is 1. The number of amides is 1. The Morgan fingerprint density at radius 1 is 1.27 bits per heavy atom. The van der Waals surface area contributed by atoms with Crippen molar-refractivity contribution in [3.63, 3.8) is 0 Å². The summed E-state index contributed by atoms with van der Waals surface area (Å²) in [6.45, 7) is 7.57. The van der Waals surface area contributed by atoms with Crippen LogP contribution in [0.15, 0.2) is 51.6 Å². The van der Waals surface area contributed by atoms with Crippen molar-refractivity contribution in [3.8, 4) is 0 Å². The summed E-state index contributed by atoms with van der Waals surface area (Å²) in [7, 11) is 0.